The van der Waals surface area contributed by atoms with Gasteiger partial charge in [0, 0.05) is 29.4 Å². The lowest BCUT2D eigenvalue weighted by molar-refractivity contribution is -0.288. The van der Waals surface area contributed by atoms with Crippen LogP contribution >= 0.6 is 11.8 Å². The monoisotopic (exact) mass is 1130 g/mol. The topological polar surface area (TPSA) is 545 Å². The van der Waals surface area contributed by atoms with Crippen LogP contribution in [-0.4, -0.2) is 196 Å². The molecule has 7 rings (SSSR count). The maximum absolute atomic E-state index is 15.3. The zero-order valence-electron chi connectivity index (χ0n) is 39.3. The number of carboxylic acids is 3. The Hall–Kier alpha value is -10.0. The van der Waals surface area contributed by atoms with Gasteiger partial charge in [-0.05, 0) is 30.3 Å². The van der Waals surface area contributed by atoms with Crippen LogP contribution in [0.15, 0.2) is 30.3 Å². The number of fused-ring (bicyclic) bond motifs is 6. The molecule has 4 aromatic carbocycles. The van der Waals surface area contributed by atoms with E-state index >= 15 is 4.79 Å². The molecule has 79 heavy (non-hydrogen) atoms. The van der Waals surface area contributed by atoms with Crippen molar-refractivity contribution in [2.45, 2.75) is 60.9 Å². The first-order valence-electron chi connectivity index (χ1n) is 22.0. The van der Waals surface area contributed by atoms with Crippen molar-refractivity contribution in [3.8, 4) is 80.1 Å². The van der Waals surface area contributed by atoms with Crippen LogP contribution in [-0.2, 0) is 52.4 Å². The molecule has 17 N–H and O–H groups in total. The first-order chi connectivity index (χ1) is 37.0. The molecular formula is C46H39NO31S. The third-order valence-electron chi connectivity index (χ3n) is 12.2. The molecule has 32 nitrogen and oxygen atoms in total. The average molecular weight is 1130 g/mol. The molecule has 1 saturated heterocycles. The zero-order chi connectivity index (χ0) is 58.5. The fraction of sp³-hybridized carbons (Fsp3) is 0.283. The molecule has 4 aromatic rings. The smallest absolute Gasteiger partial charge is 0.345 e. The molecule has 33 heteroatoms. The molecular weight excluding hydrogens is 1090 g/mol. The number of carbonyl (C=O) groups is 9. The number of aliphatic carboxylic acids is 3. The maximum Gasteiger partial charge on any atom is 0.345 e. The molecule has 3 heterocycles. The average Bonchev–Trinajstić information content (AvgIpc) is 3.57. The van der Waals surface area contributed by atoms with Gasteiger partial charge in [0.25, 0.3) is 0 Å². The Bertz CT molecular complexity index is 3260. The summed E-state index contributed by atoms with van der Waals surface area (Å²) in [6.07, 6.45) is -16.2. The Labute approximate surface area is 440 Å². The quantitative estimate of drug-likeness (QED) is 0.0441. The number of hydrogen-bond acceptors (Lipinski definition) is 29. The van der Waals surface area contributed by atoms with Crippen molar-refractivity contribution in [1.82, 2.24) is 5.32 Å². The van der Waals surface area contributed by atoms with Crippen LogP contribution in [0.3, 0.4) is 0 Å². The predicted octanol–water partition coefficient (Wildman–Crippen LogP) is -0.830. The van der Waals surface area contributed by atoms with Gasteiger partial charge in [-0.1, -0.05) is 0 Å². The van der Waals surface area contributed by atoms with Gasteiger partial charge in [0.2, 0.25) is 35.5 Å². The number of aromatic hydroxyl groups is 12. The Morgan fingerprint density at radius 2 is 1.15 bits per heavy atom. The second kappa shape index (κ2) is 21.5. The summed E-state index contributed by atoms with van der Waals surface area (Å²) in [6, 6.07) is 0.0607. The first kappa shape index (κ1) is 56.7. The highest BCUT2D eigenvalue weighted by atomic mass is 32.2. The third kappa shape index (κ3) is 10.5. The summed E-state index contributed by atoms with van der Waals surface area (Å²) in [5.74, 6) is -39.6. The number of aliphatic hydroxyl groups excluding tert-OH is 1. The summed E-state index contributed by atoms with van der Waals surface area (Å²) in [5.41, 5.74) is -7.78. The molecule has 0 radical (unpaired) electrons. The Balaban J connectivity index is 1.46. The van der Waals surface area contributed by atoms with Gasteiger partial charge in [-0.25, -0.2) is 28.8 Å². The van der Waals surface area contributed by atoms with E-state index in [0.717, 1.165) is 6.92 Å². The number of phenolic OH excluding ortho intramolecular Hbond substituents is 12. The van der Waals surface area contributed by atoms with E-state index in [1.165, 1.54) is 0 Å². The highest BCUT2D eigenvalue weighted by molar-refractivity contribution is 8.00. The van der Waals surface area contributed by atoms with Gasteiger partial charge in [-0.3, -0.25) is 14.4 Å². The number of esters is 5. The summed E-state index contributed by atoms with van der Waals surface area (Å²) >= 11 is -0.0488. The number of cyclic esters (lactones) is 2. The minimum absolute atomic E-state index is 0.0488. The summed E-state index contributed by atoms with van der Waals surface area (Å²) in [7, 11) is 0. The fourth-order valence-electron chi connectivity index (χ4n) is 8.60. The van der Waals surface area contributed by atoms with Crippen molar-refractivity contribution in [3.63, 3.8) is 0 Å². The Morgan fingerprint density at radius 1 is 0.646 bits per heavy atom. The van der Waals surface area contributed by atoms with Crippen LogP contribution in [0.5, 0.6) is 69.0 Å². The largest absolute Gasteiger partial charge is 0.504 e. The van der Waals surface area contributed by atoms with Crippen LogP contribution in [0, 0.1) is 5.92 Å². The van der Waals surface area contributed by atoms with Crippen molar-refractivity contribution >= 4 is 65.4 Å². The van der Waals surface area contributed by atoms with Crippen molar-refractivity contribution in [3.05, 3.63) is 58.1 Å². The number of rotatable bonds is 13. The number of carboxylic acid groups (broad SMARTS) is 3. The molecule has 1 unspecified atom stereocenters. The van der Waals surface area contributed by atoms with E-state index in [2.05, 4.69) is 0 Å². The molecule has 0 aromatic heterocycles. The molecule has 0 saturated carbocycles. The van der Waals surface area contributed by atoms with E-state index in [1.807, 2.05) is 5.32 Å². The van der Waals surface area contributed by atoms with E-state index in [0.29, 0.717) is 24.3 Å². The van der Waals surface area contributed by atoms with Gasteiger partial charge in [-0.2, -0.15) is 0 Å². The lowest BCUT2D eigenvalue weighted by atomic mass is 9.75. The zero-order valence-corrected chi connectivity index (χ0v) is 40.1. The van der Waals surface area contributed by atoms with Gasteiger partial charge < -0.3 is 115 Å². The second-order valence-electron chi connectivity index (χ2n) is 17.2. The number of phenols is 12. The van der Waals surface area contributed by atoms with Crippen LogP contribution in [0.2, 0.25) is 0 Å². The van der Waals surface area contributed by atoms with Crippen LogP contribution in [0.25, 0.3) is 11.1 Å². The molecule has 420 valence electrons. The van der Waals surface area contributed by atoms with Gasteiger partial charge in [-0.15, -0.1) is 11.8 Å². The van der Waals surface area contributed by atoms with Gasteiger partial charge in [0.15, 0.2) is 70.1 Å². The van der Waals surface area contributed by atoms with Crippen molar-refractivity contribution in [2.24, 2.45) is 5.92 Å². The van der Waals surface area contributed by atoms with Gasteiger partial charge in [0.1, 0.15) is 24.0 Å². The highest BCUT2D eigenvalue weighted by Crippen LogP contribution is 2.54. The standard InChI is InChI=1S/C46H39NO31S/c1-9(48)47-14(38(62)63)8-79-37(40(66)67)25(24-23-13(6-19(53)29(57)32(23)60)43(70)76-35(24)39(64)65)45(72)75-34-20-7-73-42(69)11-4-17(51)27(55)30(58)21(11)22-12(5-18(52)28(56)31(22)59)44(71)77-36(34)33(61)46(74-20)78-41(68)10-2-15(49)26(54)16(50)3-10/h2-6,14,20,24-25,33-37,46,49-61H,7-8H2,1H3,(H,47,48)(H,62,63)(H,64,65)(H,66,67)/t14?,20-,24-,25-,33-,34-,35+,36-,37+,46+/m1/s1. The van der Waals surface area contributed by atoms with E-state index in [1.54, 1.807) is 0 Å². The minimum Gasteiger partial charge on any atom is -0.504 e. The van der Waals surface area contributed by atoms with E-state index < -0.39 is 234 Å². The normalized spacial score (nSPS) is 21.7. The first-order valence-corrected chi connectivity index (χ1v) is 23.0. The maximum atomic E-state index is 15.3. The van der Waals surface area contributed by atoms with Crippen LogP contribution < -0.4 is 5.32 Å². The summed E-state index contributed by atoms with van der Waals surface area (Å²) in [5, 5.41) is 169. The number of nitrogens with one attached hydrogen (secondary N) is 1. The predicted molar refractivity (Wildman–Crippen MR) is 246 cm³/mol. The number of aliphatic hydroxyl groups is 1. The number of benzene rings is 4. The van der Waals surface area contributed by atoms with Crippen molar-refractivity contribution < 1.29 is 153 Å². The molecule has 0 aliphatic carbocycles. The molecule has 1 fully saturated rings. The summed E-state index contributed by atoms with van der Waals surface area (Å²) in [6.45, 7) is -0.632. The third-order valence-corrected chi connectivity index (χ3v) is 13.6. The number of hydrogen-bond donors (Lipinski definition) is 17. The van der Waals surface area contributed by atoms with Crippen LogP contribution in [0.1, 0.15) is 59.8 Å². The number of amides is 1. The minimum atomic E-state index is -2.89. The van der Waals surface area contributed by atoms with E-state index in [-0.39, 0.29) is 17.8 Å². The van der Waals surface area contributed by atoms with Crippen molar-refractivity contribution in [1.29, 1.82) is 0 Å². The fourth-order valence-corrected chi connectivity index (χ4v) is 9.85. The SMILES string of the molecule is CC(=O)NC(CS[C@H](C(=O)O)[C@H](C(=O)O[C@H]1[C@@H]2OC(=O)c3cc(O)c(O)c(O)c3-c3c(cc(O)c(O)c3O)C(=O)OC[C@H]1O[C@@H](OC(=O)c1cc(O)c(O)c(O)c1)[C@@H]2O)[C@H]1c2c(cc(O)c(O)c2O)C(=O)O[C@@H]1C(=O)O)C(=O)O. The lowest BCUT2D eigenvalue weighted by Crippen LogP contribution is -2.63. The summed E-state index contributed by atoms with van der Waals surface area (Å²) in [4.78, 5) is 122. The number of ether oxygens (including phenoxy) is 6. The van der Waals surface area contributed by atoms with Gasteiger partial charge in [0.05, 0.1) is 34.1 Å². The Morgan fingerprint density at radius 3 is 1.67 bits per heavy atom. The molecule has 10 atom stereocenters. The molecule has 2 bridgehead atoms. The molecule has 3 aliphatic rings. The van der Waals surface area contributed by atoms with Crippen LogP contribution in [0.4, 0.5) is 0 Å². The van der Waals surface area contributed by atoms with Crippen molar-refractivity contribution in [2.75, 3.05) is 12.4 Å². The Kier molecular flexibility index (Phi) is 15.5. The van der Waals surface area contributed by atoms with E-state index in [4.69, 9.17) is 28.4 Å². The summed E-state index contributed by atoms with van der Waals surface area (Å²) < 4.78 is 32.7. The molecule has 1 amide bonds. The number of carbonyl (C=O) groups excluding carboxylic acids is 6. The highest BCUT2D eigenvalue weighted by Gasteiger charge is 2.58. The second-order valence-corrected chi connectivity index (χ2v) is 18.3. The van der Waals surface area contributed by atoms with E-state index in [9.17, 15) is 120 Å². The molecule has 0 spiro atoms. The molecule has 3 aliphatic heterocycles. The lowest BCUT2D eigenvalue weighted by Gasteiger charge is -2.44. The number of thioether (sulfide) groups is 1. The van der Waals surface area contributed by atoms with Gasteiger partial charge >= 0.3 is 47.8 Å².